The van der Waals surface area contributed by atoms with Gasteiger partial charge in [0.05, 0.1) is 25.7 Å². The SMILES string of the molecule is C[C@H](CO)N1C[C@H](C)[C@H](CN(C)C(=O)CN(C)C)Oc2ncc(C#Cc3ccccc3)cc2C1=O. The molecule has 1 aromatic carbocycles. The fourth-order valence-corrected chi connectivity index (χ4v) is 3.82. The molecule has 2 aromatic rings. The van der Waals surface area contributed by atoms with E-state index in [1.165, 1.54) is 0 Å². The summed E-state index contributed by atoms with van der Waals surface area (Å²) in [5.74, 6) is 5.97. The van der Waals surface area contributed by atoms with Crippen molar-refractivity contribution in [2.45, 2.75) is 26.0 Å². The van der Waals surface area contributed by atoms with Crippen LogP contribution in [0, 0.1) is 17.8 Å². The van der Waals surface area contributed by atoms with Crippen LogP contribution < -0.4 is 4.74 Å². The van der Waals surface area contributed by atoms with Crippen LogP contribution in [0.4, 0.5) is 0 Å². The summed E-state index contributed by atoms with van der Waals surface area (Å²) in [5.41, 5.74) is 1.74. The van der Waals surface area contributed by atoms with Crippen molar-refractivity contribution in [1.82, 2.24) is 19.7 Å². The van der Waals surface area contributed by atoms with Crippen LogP contribution in [0.5, 0.6) is 5.88 Å². The third kappa shape index (κ3) is 6.81. The summed E-state index contributed by atoms with van der Waals surface area (Å²) in [7, 11) is 5.44. The van der Waals surface area contributed by atoms with E-state index in [0.29, 0.717) is 30.8 Å². The largest absolute Gasteiger partial charge is 0.472 e. The molecule has 3 rings (SSSR count). The molecule has 8 nitrogen and oxygen atoms in total. The molecular formula is C27H34N4O4. The van der Waals surface area contributed by atoms with Crippen molar-refractivity contribution in [1.29, 1.82) is 0 Å². The molecule has 0 aliphatic carbocycles. The van der Waals surface area contributed by atoms with Crippen molar-refractivity contribution in [2.75, 3.05) is 47.4 Å². The van der Waals surface area contributed by atoms with E-state index in [-0.39, 0.29) is 42.4 Å². The van der Waals surface area contributed by atoms with Gasteiger partial charge in [-0.15, -0.1) is 0 Å². The van der Waals surface area contributed by atoms with Gasteiger partial charge < -0.3 is 24.5 Å². The Morgan fingerprint density at radius 2 is 1.91 bits per heavy atom. The number of hydrogen-bond donors (Lipinski definition) is 1. The minimum absolute atomic E-state index is 0.0239. The van der Waals surface area contributed by atoms with Crippen molar-refractivity contribution in [2.24, 2.45) is 5.92 Å². The third-order valence-corrected chi connectivity index (χ3v) is 5.98. The first kappa shape index (κ1) is 26.2. The molecule has 1 aromatic heterocycles. The number of hydrogen-bond acceptors (Lipinski definition) is 6. The number of benzene rings is 1. The Kier molecular flexibility index (Phi) is 8.85. The Bertz CT molecular complexity index is 1090. The van der Waals surface area contributed by atoms with Gasteiger partial charge in [-0.2, -0.15) is 0 Å². The maximum atomic E-state index is 13.5. The molecule has 1 N–H and O–H groups in total. The van der Waals surface area contributed by atoms with Gasteiger partial charge in [-0.3, -0.25) is 9.59 Å². The second kappa shape index (κ2) is 11.8. The fourth-order valence-electron chi connectivity index (χ4n) is 3.82. The van der Waals surface area contributed by atoms with Crippen LogP contribution >= 0.6 is 0 Å². The number of rotatable bonds is 6. The van der Waals surface area contributed by atoms with Gasteiger partial charge in [0.25, 0.3) is 5.91 Å². The number of aliphatic hydroxyl groups is 1. The number of likely N-dealkylation sites (N-methyl/N-ethyl adjacent to an activating group) is 2. The highest BCUT2D eigenvalue weighted by Crippen LogP contribution is 2.27. The number of nitrogens with zero attached hydrogens (tertiary/aromatic N) is 4. The number of aliphatic hydroxyl groups excluding tert-OH is 1. The summed E-state index contributed by atoms with van der Waals surface area (Å²) in [4.78, 5) is 35.6. The lowest BCUT2D eigenvalue weighted by Gasteiger charge is -2.37. The number of ether oxygens (including phenoxy) is 1. The summed E-state index contributed by atoms with van der Waals surface area (Å²) in [5, 5.41) is 9.81. The van der Waals surface area contributed by atoms with Crippen LogP contribution in [-0.4, -0.2) is 96.1 Å². The highest BCUT2D eigenvalue weighted by atomic mass is 16.5. The molecule has 0 fully saturated rings. The van der Waals surface area contributed by atoms with E-state index in [0.717, 1.165) is 5.56 Å². The molecule has 0 saturated carbocycles. The first-order valence-corrected chi connectivity index (χ1v) is 11.7. The van der Waals surface area contributed by atoms with Gasteiger partial charge in [0, 0.05) is 36.8 Å². The van der Waals surface area contributed by atoms with E-state index in [9.17, 15) is 14.7 Å². The van der Waals surface area contributed by atoms with Crippen LogP contribution in [-0.2, 0) is 4.79 Å². The van der Waals surface area contributed by atoms with Crippen LogP contribution in [0.15, 0.2) is 42.6 Å². The van der Waals surface area contributed by atoms with Crippen LogP contribution in [0.1, 0.15) is 35.3 Å². The van der Waals surface area contributed by atoms with Gasteiger partial charge in [-0.25, -0.2) is 4.98 Å². The zero-order valence-corrected chi connectivity index (χ0v) is 21.1. The normalized spacial score (nSPS) is 18.5. The average Bonchev–Trinajstić information content (AvgIpc) is 2.84. The molecule has 0 spiro atoms. The summed E-state index contributed by atoms with van der Waals surface area (Å²) in [6.07, 6.45) is 1.20. The average molecular weight is 479 g/mol. The molecule has 186 valence electrons. The van der Waals surface area contributed by atoms with Gasteiger partial charge in [-0.1, -0.05) is 37.0 Å². The van der Waals surface area contributed by atoms with E-state index in [1.54, 1.807) is 36.0 Å². The maximum absolute atomic E-state index is 13.5. The lowest BCUT2D eigenvalue weighted by molar-refractivity contribution is -0.132. The summed E-state index contributed by atoms with van der Waals surface area (Å²) in [6.45, 7) is 4.63. The van der Waals surface area contributed by atoms with E-state index < -0.39 is 0 Å². The zero-order valence-electron chi connectivity index (χ0n) is 21.1. The van der Waals surface area contributed by atoms with Crippen LogP contribution in [0.3, 0.4) is 0 Å². The van der Waals surface area contributed by atoms with Gasteiger partial charge >= 0.3 is 0 Å². The van der Waals surface area contributed by atoms with Crippen molar-refractivity contribution in [3.8, 4) is 17.7 Å². The second-order valence-electron chi connectivity index (χ2n) is 9.33. The lowest BCUT2D eigenvalue weighted by atomic mass is 10.00. The lowest BCUT2D eigenvalue weighted by Crippen LogP contribution is -2.51. The molecule has 1 aliphatic heterocycles. The molecule has 8 heteroatoms. The van der Waals surface area contributed by atoms with Crippen molar-refractivity contribution in [3.05, 3.63) is 59.3 Å². The molecule has 2 heterocycles. The second-order valence-corrected chi connectivity index (χ2v) is 9.33. The quantitative estimate of drug-likeness (QED) is 0.637. The Hall–Kier alpha value is -3.41. The Morgan fingerprint density at radius 3 is 2.57 bits per heavy atom. The first-order valence-electron chi connectivity index (χ1n) is 11.7. The van der Waals surface area contributed by atoms with E-state index in [2.05, 4.69) is 16.8 Å². The Labute approximate surface area is 207 Å². The number of fused-ring (bicyclic) bond motifs is 1. The van der Waals surface area contributed by atoms with Crippen molar-refractivity contribution < 1.29 is 19.4 Å². The molecule has 2 amide bonds. The third-order valence-electron chi connectivity index (χ3n) is 5.98. The molecule has 0 unspecified atom stereocenters. The summed E-state index contributed by atoms with van der Waals surface area (Å²) < 4.78 is 6.25. The minimum Gasteiger partial charge on any atom is -0.472 e. The molecule has 3 atom stereocenters. The topological polar surface area (TPSA) is 86.2 Å². The van der Waals surface area contributed by atoms with Crippen LogP contribution in [0.2, 0.25) is 0 Å². The summed E-state index contributed by atoms with van der Waals surface area (Å²) in [6, 6.07) is 10.9. The molecule has 0 saturated heterocycles. The molecule has 0 bridgehead atoms. The highest BCUT2D eigenvalue weighted by molar-refractivity contribution is 5.97. The van der Waals surface area contributed by atoms with Gasteiger partial charge in [0.15, 0.2) is 0 Å². The van der Waals surface area contributed by atoms with E-state index in [1.807, 2.05) is 56.3 Å². The standard InChI is InChI=1S/C27H34N4O4/c1-19-15-31(20(2)18-32)27(34)23-13-22(12-11-21-9-7-6-8-10-21)14-28-26(23)35-24(19)16-30(5)25(33)17-29(3)4/h6-10,13-14,19-20,24,32H,15-18H2,1-5H3/t19-,20+,24-/m0/s1. The highest BCUT2D eigenvalue weighted by Gasteiger charge is 2.34. The maximum Gasteiger partial charge on any atom is 0.259 e. The number of aromatic nitrogens is 1. The van der Waals surface area contributed by atoms with E-state index >= 15 is 0 Å². The van der Waals surface area contributed by atoms with E-state index in [4.69, 9.17) is 4.74 Å². The van der Waals surface area contributed by atoms with Crippen molar-refractivity contribution >= 4 is 11.8 Å². The van der Waals surface area contributed by atoms with Gasteiger partial charge in [-0.05, 0) is 39.2 Å². The van der Waals surface area contributed by atoms with Crippen LogP contribution in [0.25, 0.3) is 0 Å². The summed E-state index contributed by atoms with van der Waals surface area (Å²) >= 11 is 0. The Balaban J connectivity index is 1.95. The molecule has 35 heavy (non-hydrogen) atoms. The molecular weight excluding hydrogens is 444 g/mol. The zero-order chi connectivity index (χ0) is 25.5. The Morgan fingerprint density at radius 1 is 1.23 bits per heavy atom. The van der Waals surface area contributed by atoms with Gasteiger partial charge in [0.1, 0.15) is 11.7 Å². The number of carbonyl (C=O) groups is 2. The van der Waals surface area contributed by atoms with Gasteiger partial charge in [0.2, 0.25) is 11.8 Å². The first-order chi connectivity index (χ1) is 16.7. The fraction of sp³-hybridized carbons (Fsp3) is 0.444. The predicted octanol–water partition coefficient (Wildman–Crippen LogP) is 1.72. The molecule has 1 aliphatic rings. The predicted molar refractivity (Wildman–Crippen MR) is 134 cm³/mol. The number of amides is 2. The number of carbonyl (C=O) groups excluding carboxylic acids is 2. The minimum atomic E-state index is -0.389. The molecule has 0 radical (unpaired) electrons. The monoisotopic (exact) mass is 478 g/mol. The van der Waals surface area contributed by atoms with Crippen molar-refractivity contribution in [3.63, 3.8) is 0 Å². The smallest absolute Gasteiger partial charge is 0.259 e. The number of pyridine rings is 1.